The number of imide groups is 1. The molecule has 0 unspecified atom stereocenters. The fraction of sp³-hybridized carbons (Fsp3) is 0.345. The van der Waals surface area contributed by atoms with Crippen LogP contribution in [0.25, 0.3) is 10.8 Å². The summed E-state index contributed by atoms with van der Waals surface area (Å²) in [6.45, 7) is 5.65. The summed E-state index contributed by atoms with van der Waals surface area (Å²) in [4.78, 5) is 44.4. The minimum absolute atomic E-state index is 0.208. The van der Waals surface area contributed by atoms with E-state index in [0.29, 0.717) is 18.7 Å². The van der Waals surface area contributed by atoms with E-state index in [2.05, 4.69) is 22.3 Å². The third-order valence-corrected chi connectivity index (χ3v) is 7.78. The van der Waals surface area contributed by atoms with Crippen LogP contribution in [0.4, 0.5) is 4.79 Å². The van der Waals surface area contributed by atoms with Gasteiger partial charge < -0.3 is 15.0 Å². The first-order valence-electron chi connectivity index (χ1n) is 12.8. The first kappa shape index (κ1) is 23.5. The number of nitrogens with zero attached hydrogens (tertiary/aromatic N) is 3. The summed E-state index contributed by atoms with van der Waals surface area (Å²) < 4.78 is 5.59. The Labute approximate surface area is 215 Å². The molecule has 0 radical (unpaired) electrons. The van der Waals surface area contributed by atoms with Gasteiger partial charge in [-0.25, -0.2) is 4.79 Å². The third kappa shape index (κ3) is 4.31. The van der Waals surface area contributed by atoms with Gasteiger partial charge in [-0.05, 0) is 46.5 Å². The molecule has 2 fully saturated rings. The Hall–Kier alpha value is -3.91. The number of hydrogen-bond donors (Lipinski definition) is 1. The number of fused-ring (bicyclic) bond motifs is 2. The molecule has 37 heavy (non-hydrogen) atoms. The molecule has 190 valence electrons. The number of benzene rings is 3. The predicted octanol–water partition coefficient (Wildman–Crippen LogP) is 2.89. The Bertz CT molecular complexity index is 1400. The van der Waals surface area contributed by atoms with Gasteiger partial charge in [-0.2, -0.15) is 0 Å². The lowest BCUT2D eigenvalue weighted by Crippen LogP contribution is -2.51. The van der Waals surface area contributed by atoms with Crippen molar-refractivity contribution in [3.8, 4) is 5.75 Å². The molecule has 0 aromatic heterocycles. The van der Waals surface area contributed by atoms with Crippen LogP contribution in [0.1, 0.15) is 23.6 Å². The van der Waals surface area contributed by atoms with Gasteiger partial charge in [0.05, 0.1) is 6.61 Å². The number of nitrogens with one attached hydrogen (secondary N) is 1. The van der Waals surface area contributed by atoms with Crippen molar-refractivity contribution in [1.29, 1.82) is 0 Å². The minimum Gasteiger partial charge on any atom is -0.493 e. The maximum absolute atomic E-state index is 13.4. The quantitative estimate of drug-likeness (QED) is 0.547. The largest absolute Gasteiger partial charge is 0.493 e. The van der Waals surface area contributed by atoms with E-state index in [0.717, 1.165) is 54.1 Å². The molecule has 1 atom stereocenters. The smallest absolute Gasteiger partial charge is 0.325 e. The summed E-state index contributed by atoms with van der Waals surface area (Å²) in [6.07, 6.45) is 0.953. The molecule has 8 nitrogen and oxygen atoms in total. The van der Waals surface area contributed by atoms with Crippen molar-refractivity contribution in [2.75, 3.05) is 39.3 Å². The normalized spacial score (nSPS) is 21.8. The van der Waals surface area contributed by atoms with Gasteiger partial charge in [0, 0.05) is 39.1 Å². The molecular formula is C29H30N4O4. The summed E-state index contributed by atoms with van der Waals surface area (Å²) in [7, 11) is 0. The highest BCUT2D eigenvalue weighted by molar-refractivity contribution is 6.09. The summed E-state index contributed by atoms with van der Waals surface area (Å²) in [5, 5.41) is 4.87. The number of urea groups is 1. The minimum atomic E-state index is -1.21. The van der Waals surface area contributed by atoms with E-state index in [1.54, 1.807) is 11.8 Å². The molecule has 0 saturated carbocycles. The second-order valence-electron chi connectivity index (χ2n) is 10.2. The van der Waals surface area contributed by atoms with Crippen molar-refractivity contribution >= 4 is 28.6 Å². The zero-order valence-corrected chi connectivity index (χ0v) is 20.9. The second-order valence-corrected chi connectivity index (χ2v) is 10.2. The molecule has 8 heteroatoms. The zero-order chi connectivity index (χ0) is 25.6. The lowest BCUT2D eigenvalue weighted by Gasteiger charge is -2.35. The Morgan fingerprint density at radius 3 is 2.57 bits per heavy atom. The molecule has 0 aliphatic carbocycles. The van der Waals surface area contributed by atoms with Gasteiger partial charge in [-0.15, -0.1) is 0 Å². The van der Waals surface area contributed by atoms with Crippen LogP contribution in [0, 0.1) is 0 Å². The van der Waals surface area contributed by atoms with Crippen molar-refractivity contribution in [3.63, 3.8) is 0 Å². The molecule has 0 bridgehead atoms. The standard InChI is InChI=1S/C29H30N4O4/c1-29(24-8-7-21-4-2-3-5-22(21)17-24)27(35)33(28(36)30-29)19-26(34)32-13-11-31(12-14-32)18-20-6-9-25-23(16-20)10-15-37-25/h2-9,16-17H,10-15,18-19H2,1H3,(H,30,36)/t29-/m0/s1. The summed E-state index contributed by atoms with van der Waals surface area (Å²) in [5.41, 5.74) is 2.00. The fourth-order valence-corrected chi connectivity index (χ4v) is 5.52. The van der Waals surface area contributed by atoms with Crippen LogP contribution in [0.5, 0.6) is 5.75 Å². The Balaban J connectivity index is 1.07. The van der Waals surface area contributed by atoms with E-state index in [4.69, 9.17) is 4.74 Å². The van der Waals surface area contributed by atoms with Crippen LogP contribution in [-0.2, 0) is 28.1 Å². The highest BCUT2D eigenvalue weighted by Gasteiger charge is 2.49. The van der Waals surface area contributed by atoms with Crippen molar-refractivity contribution in [1.82, 2.24) is 20.0 Å². The number of ether oxygens (including phenoxy) is 1. The predicted molar refractivity (Wildman–Crippen MR) is 139 cm³/mol. The van der Waals surface area contributed by atoms with E-state index >= 15 is 0 Å². The summed E-state index contributed by atoms with van der Waals surface area (Å²) in [5.74, 6) is 0.373. The first-order chi connectivity index (χ1) is 17.9. The monoisotopic (exact) mass is 498 g/mol. The number of carbonyl (C=O) groups excluding carboxylic acids is 3. The van der Waals surface area contributed by atoms with Gasteiger partial charge in [-0.1, -0.05) is 48.5 Å². The number of rotatable bonds is 5. The van der Waals surface area contributed by atoms with Crippen LogP contribution in [0.2, 0.25) is 0 Å². The molecular weight excluding hydrogens is 468 g/mol. The van der Waals surface area contributed by atoms with Crippen LogP contribution < -0.4 is 10.1 Å². The average Bonchev–Trinajstić information content (AvgIpc) is 3.47. The molecule has 3 aliphatic heterocycles. The van der Waals surface area contributed by atoms with E-state index in [1.165, 1.54) is 11.1 Å². The number of hydrogen-bond acceptors (Lipinski definition) is 5. The molecule has 3 aliphatic rings. The van der Waals surface area contributed by atoms with E-state index in [9.17, 15) is 14.4 Å². The maximum atomic E-state index is 13.4. The number of carbonyl (C=O) groups is 3. The molecule has 4 amide bonds. The van der Waals surface area contributed by atoms with Crippen molar-refractivity contribution < 1.29 is 19.1 Å². The van der Waals surface area contributed by atoms with Gasteiger partial charge in [0.1, 0.15) is 17.8 Å². The molecule has 2 saturated heterocycles. The van der Waals surface area contributed by atoms with Crippen molar-refractivity contribution in [3.05, 3.63) is 77.4 Å². The van der Waals surface area contributed by atoms with E-state index in [1.807, 2.05) is 48.5 Å². The maximum Gasteiger partial charge on any atom is 0.325 e. The van der Waals surface area contributed by atoms with Crippen molar-refractivity contribution in [2.45, 2.75) is 25.4 Å². The van der Waals surface area contributed by atoms with Gasteiger partial charge in [0.25, 0.3) is 5.91 Å². The van der Waals surface area contributed by atoms with Gasteiger partial charge in [0.15, 0.2) is 0 Å². The number of piperazine rings is 1. The molecule has 0 spiro atoms. The van der Waals surface area contributed by atoms with Crippen LogP contribution in [0.3, 0.4) is 0 Å². The lowest BCUT2D eigenvalue weighted by atomic mass is 9.90. The van der Waals surface area contributed by atoms with E-state index in [-0.39, 0.29) is 12.5 Å². The fourth-order valence-electron chi connectivity index (χ4n) is 5.52. The molecule has 6 rings (SSSR count). The van der Waals surface area contributed by atoms with Gasteiger partial charge in [0.2, 0.25) is 5.91 Å². The summed E-state index contributed by atoms with van der Waals surface area (Å²) in [6, 6.07) is 19.4. The third-order valence-electron chi connectivity index (χ3n) is 7.78. The molecule has 3 heterocycles. The Morgan fingerprint density at radius 1 is 0.973 bits per heavy atom. The van der Waals surface area contributed by atoms with Crippen molar-refractivity contribution in [2.24, 2.45) is 0 Å². The molecule has 3 aromatic carbocycles. The SMILES string of the molecule is C[C@@]1(c2ccc3ccccc3c2)NC(=O)N(CC(=O)N2CCN(Cc3ccc4c(c3)CCO4)CC2)C1=O. The molecule has 3 aromatic rings. The second kappa shape index (κ2) is 9.19. The van der Waals surface area contributed by atoms with Gasteiger partial charge >= 0.3 is 6.03 Å². The average molecular weight is 499 g/mol. The highest BCUT2D eigenvalue weighted by Crippen LogP contribution is 2.31. The number of amides is 4. The van der Waals surface area contributed by atoms with Gasteiger partial charge in [-0.3, -0.25) is 19.4 Å². The lowest BCUT2D eigenvalue weighted by molar-refractivity contribution is -0.139. The summed E-state index contributed by atoms with van der Waals surface area (Å²) >= 11 is 0. The van der Waals surface area contributed by atoms with Crippen LogP contribution >= 0.6 is 0 Å². The topological polar surface area (TPSA) is 82.2 Å². The first-order valence-corrected chi connectivity index (χ1v) is 12.8. The highest BCUT2D eigenvalue weighted by atomic mass is 16.5. The zero-order valence-electron chi connectivity index (χ0n) is 20.9. The Morgan fingerprint density at radius 2 is 1.76 bits per heavy atom. The van der Waals surface area contributed by atoms with E-state index < -0.39 is 17.5 Å². The van der Waals surface area contributed by atoms with Crippen LogP contribution in [0.15, 0.2) is 60.7 Å². The Kier molecular flexibility index (Phi) is 5.83. The van der Waals surface area contributed by atoms with Crippen LogP contribution in [-0.4, -0.2) is 71.9 Å². The molecule has 1 N–H and O–H groups in total.